The minimum atomic E-state index is -0.122. The predicted molar refractivity (Wildman–Crippen MR) is 97.7 cm³/mol. The number of benzene rings is 1. The molecule has 3 aromatic heterocycles. The lowest BCUT2D eigenvalue weighted by Gasteiger charge is -2.26. The lowest BCUT2D eigenvalue weighted by Crippen LogP contribution is -2.20. The summed E-state index contributed by atoms with van der Waals surface area (Å²) >= 11 is 6.30. The van der Waals surface area contributed by atoms with Gasteiger partial charge in [0.05, 0.1) is 25.2 Å². The first-order chi connectivity index (χ1) is 13.3. The Morgan fingerprint density at radius 3 is 2.81 bits per heavy atom. The van der Waals surface area contributed by atoms with Crippen LogP contribution in [0.15, 0.2) is 59.6 Å². The van der Waals surface area contributed by atoms with E-state index in [4.69, 9.17) is 20.9 Å². The van der Waals surface area contributed by atoms with Gasteiger partial charge in [-0.25, -0.2) is 4.98 Å². The molecule has 1 atom stereocenters. The third-order valence-electron chi connectivity index (χ3n) is 4.55. The first-order valence-electron chi connectivity index (χ1n) is 8.44. The summed E-state index contributed by atoms with van der Waals surface area (Å²) in [6.07, 6.45) is 5.02. The molecule has 134 valence electrons. The molecule has 1 aliphatic heterocycles. The Labute approximate surface area is 159 Å². The number of ether oxygens (including phenoxy) is 1. The van der Waals surface area contributed by atoms with Crippen molar-refractivity contribution in [2.75, 3.05) is 0 Å². The number of imidazole rings is 1. The molecule has 4 aromatic rings. The Balaban J connectivity index is 1.44. The second-order valence-corrected chi connectivity index (χ2v) is 6.58. The van der Waals surface area contributed by atoms with Gasteiger partial charge in [0.1, 0.15) is 6.10 Å². The van der Waals surface area contributed by atoms with Crippen LogP contribution in [0.4, 0.5) is 0 Å². The maximum Gasteiger partial charge on any atom is 0.278 e. The number of aromatic nitrogens is 5. The SMILES string of the molecule is Clc1ccccc1C1Cn2cnc(-c3nc(-c4ccncc4)no3)c2CO1. The topological polar surface area (TPSA) is 78.9 Å². The van der Waals surface area contributed by atoms with E-state index in [-0.39, 0.29) is 6.10 Å². The molecular weight excluding hydrogens is 366 g/mol. The number of rotatable bonds is 3. The van der Waals surface area contributed by atoms with Gasteiger partial charge in [0.2, 0.25) is 5.82 Å². The molecule has 1 aliphatic rings. The molecule has 0 saturated heterocycles. The molecule has 0 saturated carbocycles. The van der Waals surface area contributed by atoms with Crippen LogP contribution in [-0.2, 0) is 17.9 Å². The van der Waals surface area contributed by atoms with Crippen LogP contribution in [0, 0.1) is 0 Å². The lowest BCUT2D eigenvalue weighted by molar-refractivity contribution is 0.00336. The molecule has 1 aromatic carbocycles. The predicted octanol–water partition coefficient (Wildman–Crippen LogP) is 3.92. The van der Waals surface area contributed by atoms with E-state index in [1.165, 1.54) is 0 Å². The van der Waals surface area contributed by atoms with Crippen molar-refractivity contribution in [3.63, 3.8) is 0 Å². The number of hydrogen-bond acceptors (Lipinski definition) is 6. The van der Waals surface area contributed by atoms with Crippen molar-refractivity contribution in [3.05, 3.63) is 71.4 Å². The minimum absolute atomic E-state index is 0.122. The van der Waals surface area contributed by atoms with E-state index in [9.17, 15) is 0 Å². The van der Waals surface area contributed by atoms with Gasteiger partial charge in [0.25, 0.3) is 5.89 Å². The minimum Gasteiger partial charge on any atom is -0.365 e. The smallest absolute Gasteiger partial charge is 0.278 e. The molecule has 0 bridgehead atoms. The molecule has 0 amide bonds. The van der Waals surface area contributed by atoms with Crippen LogP contribution in [0.25, 0.3) is 23.0 Å². The quantitative estimate of drug-likeness (QED) is 0.536. The second-order valence-electron chi connectivity index (χ2n) is 6.17. The zero-order valence-electron chi connectivity index (χ0n) is 14.1. The van der Waals surface area contributed by atoms with Crippen LogP contribution in [0.2, 0.25) is 5.02 Å². The van der Waals surface area contributed by atoms with Gasteiger partial charge in [0.15, 0.2) is 5.69 Å². The van der Waals surface area contributed by atoms with Crippen molar-refractivity contribution in [2.45, 2.75) is 19.3 Å². The number of halogens is 1. The first-order valence-corrected chi connectivity index (χ1v) is 8.82. The Kier molecular flexibility index (Phi) is 3.95. The third-order valence-corrected chi connectivity index (χ3v) is 4.89. The van der Waals surface area contributed by atoms with Gasteiger partial charge in [-0.1, -0.05) is 35.0 Å². The summed E-state index contributed by atoms with van der Waals surface area (Å²) in [6, 6.07) is 11.4. The van der Waals surface area contributed by atoms with Gasteiger partial charge >= 0.3 is 0 Å². The summed E-state index contributed by atoms with van der Waals surface area (Å²) in [4.78, 5) is 12.9. The summed E-state index contributed by atoms with van der Waals surface area (Å²) in [5, 5.41) is 4.74. The largest absolute Gasteiger partial charge is 0.365 e. The molecule has 0 aliphatic carbocycles. The molecule has 27 heavy (non-hydrogen) atoms. The van der Waals surface area contributed by atoms with Crippen molar-refractivity contribution < 1.29 is 9.26 Å². The van der Waals surface area contributed by atoms with Crippen LogP contribution in [-0.4, -0.2) is 24.7 Å². The van der Waals surface area contributed by atoms with Gasteiger partial charge in [-0.15, -0.1) is 0 Å². The van der Waals surface area contributed by atoms with Crippen molar-refractivity contribution in [3.8, 4) is 23.0 Å². The van der Waals surface area contributed by atoms with Gasteiger partial charge in [-0.3, -0.25) is 4.98 Å². The summed E-state index contributed by atoms with van der Waals surface area (Å²) < 4.78 is 13.5. The summed E-state index contributed by atoms with van der Waals surface area (Å²) in [7, 11) is 0. The fourth-order valence-corrected chi connectivity index (χ4v) is 3.43. The van der Waals surface area contributed by atoms with Crippen LogP contribution in [0.3, 0.4) is 0 Å². The van der Waals surface area contributed by atoms with E-state index < -0.39 is 0 Å². The summed E-state index contributed by atoms with van der Waals surface area (Å²) in [5.74, 6) is 0.871. The summed E-state index contributed by atoms with van der Waals surface area (Å²) in [6.45, 7) is 1.01. The molecule has 0 spiro atoms. The fourth-order valence-electron chi connectivity index (χ4n) is 3.17. The molecule has 4 heterocycles. The van der Waals surface area contributed by atoms with Crippen LogP contribution in [0.5, 0.6) is 0 Å². The van der Waals surface area contributed by atoms with E-state index >= 15 is 0 Å². The van der Waals surface area contributed by atoms with E-state index in [2.05, 4.69) is 20.1 Å². The van der Waals surface area contributed by atoms with Crippen LogP contribution >= 0.6 is 11.6 Å². The van der Waals surface area contributed by atoms with E-state index in [1.807, 2.05) is 41.0 Å². The van der Waals surface area contributed by atoms with Crippen molar-refractivity contribution in [1.82, 2.24) is 24.7 Å². The average Bonchev–Trinajstić information content (AvgIpc) is 3.35. The highest BCUT2D eigenvalue weighted by Gasteiger charge is 2.27. The lowest BCUT2D eigenvalue weighted by atomic mass is 10.1. The Morgan fingerprint density at radius 1 is 1.11 bits per heavy atom. The monoisotopic (exact) mass is 379 g/mol. The van der Waals surface area contributed by atoms with Crippen LogP contribution < -0.4 is 0 Å². The van der Waals surface area contributed by atoms with Gasteiger partial charge in [-0.05, 0) is 18.2 Å². The normalized spacial score (nSPS) is 16.3. The van der Waals surface area contributed by atoms with Crippen molar-refractivity contribution in [1.29, 1.82) is 0 Å². The Bertz CT molecular complexity index is 1090. The molecule has 0 fully saturated rings. The maximum absolute atomic E-state index is 6.30. The maximum atomic E-state index is 6.30. The van der Waals surface area contributed by atoms with E-state index in [1.54, 1.807) is 18.7 Å². The first kappa shape index (κ1) is 16.2. The molecule has 0 radical (unpaired) electrons. The number of hydrogen-bond donors (Lipinski definition) is 0. The zero-order valence-corrected chi connectivity index (χ0v) is 14.9. The molecule has 8 heteroatoms. The standard InChI is InChI=1S/C19H14ClN5O2/c20-14-4-2-1-3-13(14)16-9-25-11-22-17(15(25)10-26-16)19-23-18(24-27-19)12-5-7-21-8-6-12/h1-8,11,16H,9-10H2. The second kappa shape index (κ2) is 6.61. The fraction of sp³-hybridized carbons (Fsp3) is 0.158. The molecule has 7 nitrogen and oxygen atoms in total. The van der Waals surface area contributed by atoms with Gasteiger partial charge < -0.3 is 13.8 Å². The zero-order chi connectivity index (χ0) is 18.2. The molecule has 5 rings (SSSR count). The van der Waals surface area contributed by atoms with E-state index in [0.29, 0.717) is 35.6 Å². The molecule has 1 unspecified atom stereocenters. The Hall–Kier alpha value is -3.03. The van der Waals surface area contributed by atoms with Gasteiger partial charge in [-0.2, -0.15) is 4.98 Å². The third kappa shape index (κ3) is 2.90. The van der Waals surface area contributed by atoms with Crippen molar-refractivity contribution in [2.24, 2.45) is 0 Å². The number of pyridine rings is 1. The highest BCUT2D eigenvalue weighted by atomic mass is 35.5. The highest BCUT2D eigenvalue weighted by molar-refractivity contribution is 6.31. The van der Waals surface area contributed by atoms with Crippen molar-refractivity contribution >= 4 is 11.6 Å². The summed E-state index contributed by atoms with van der Waals surface area (Å²) in [5.41, 5.74) is 3.35. The molecular formula is C19H14ClN5O2. The highest BCUT2D eigenvalue weighted by Crippen LogP contribution is 2.34. The van der Waals surface area contributed by atoms with E-state index in [0.717, 1.165) is 16.8 Å². The average molecular weight is 380 g/mol. The van der Waals surface area contributed by atoms with Crippen LogP contribution in [0.1, 0.15) is 17.4 Å². The number of nitrogens with zero attached hydrogens (tertiary/aromatic N) is 5. The molecule has 0 N–H and O–H groups in total. The van der Waals surface area contributed by atoms with Gasteiger partial charge in [0, 0.05) is 28.5 Å². The Morgan fingerprint density at radius 2 is 1.96 bits per heavy atom. The number of fused-ring (bicyclic) bond motifs is 1.